The minimum Gasteiger partial charge on any atom is -0.531 e. The smallest absolute Gasteiger partial charge is 0.531 e. The first-order chi connectivity index (χ1) is 8.16. The van der Waals surface area contributed by atoms with Crippen molar-refractivity contribution in [2.24, 2.45) is 0 Å². The van der Waals surface area contributed by atoms with E-state index in [2.05, 4.69) is 0 Å². The molecule has 0 atom stereocenters. The van der Waals surface area contributed by atoms with Gasteiger partial charge < -0.3 is 9.68 Å². The first-order valence-electron chi connectivity index (χ1n) is 5.01. The molecule has 86 valence electrons. The van der Waals surface area contributed by atoms with Crippen LogP contribution in [0.4, 0.5) is 4.39 Å². The van der Waals surface area contributed by atoms with Gasteiger partial charge in [-0.3, -0.25) is 0 Å². The number of benzene rings is 2. The van der Waals surface area contributed by atoms with Gasteiger partial charge in [-0.1, -0.05) is 41.9 Å². The summed E-state index contributed by atoms with van der Waals surface area (Å²) in [7, 11) is -1.13. The Morgan fingerprint density at radius 1 is 1.12 bits per heavy atom. The number of hydrogen-bond donors (Lipinski definition) is 1. The van der Waals surface area contributed by atoms with Crippen LogP contribution in [-0.2, 0) is 0 Å². The molecule has 2 nitrogen and oxygen atoms in total. The van der Waals surface area contributed by atoms with Gasteiger partial charge in [-0.2, -0.15) is 0 Å². The maximum atomic E-state index is 12.8. The first-order valence-corrected chi connectivity index (χ1v) is 5.39. The summed E-state index contributed by atoms with van der Waals surface area (Å²) in [5, 5.41) is 9.92. The topological polar surface area (TPSA) is 29.5 Å². The minimum absolute atomic E-state index is 0.125. The van der Waals surface area contributed by atoms with Gasteiger partial charge >= 0.3 is 7.12 Å². The Kier molecular flexibility index (Phi) is 3.66. The van der Waals surface area contributed by atoms with Gasteiger partial charge in [0.15, 0.2) is 0 Å². The lowest BCUT2D eigenvalue weighted by Crippen LogP contribution is -2.36. The van der Waals surface area contributed by atoms with Crippen LogP contribution in [0.5, 0.6) is 5.75 Å². The SMILES string of the molecule is OB(Oc1ccc(F)cc1Cl)c1ccccc1. The molecular weight excluding hydrogens is 241 g/mol. The highest BCUT2D eigenvalue weighted by Gasteiger charge is 2.19. The average Bonchev–Trinajstić information content (AvgIpc) is 2.34. The lowest BCUT2D eigenvalue weighted by atomic mass is 9.79. The van der Waals surface area contributed by atoms with Crippen LogP contribution < -0.4 is 10.1 Å². The Labute approximate surface area is 104 Å². The number of hydrogen-bond acceptors (Lipinski definition) is 2. The molecule has 0 aliphatic heterocycles. The van der Waals surface area contributed by atoms with Crippen molar-refractivity contribution in [3.63, 3.8) is 0 Å². The van der Waals surface area contributed by atoms with Crippen LogP contribution in [0, 0.1) is 5.82 Å². The van der Waals surface area contributed by atoms with E-state index in [1.807, 2.05) is 6.07 Å². The second-order valence-electron chi connectivity index (χ2n) is 3.46. The molecule has 2 rings (SSSR count). The zero-order valence-corrected chi connectivity index (χ0v) is 9.56. The molecule has 1 N–H and O–H groups in total. The molecular formula is C12H9BClFO2. The largest absolute Gasteiger partial charge is 0.560 e. The van der Waals surface area contributed by atoms with Gasteiger partial charge in [-0.05, 0) is 23.7 Å². The van der Waals surface area contributed by atoms with E-state index in [9.17, 15) is 9.41 Å². The third-order valence-corrected chi connectivity index (χ3v) is 2.51. The standard InChI is InChI=1S/C12H9BClFO2/c14-11-8-10(15)6-7-12(11)17-13(16)9-4-2-1-3-5-9/h1-8,16H. The summed E-state index contributed by atoms with van der Waals surface area (Å²) in [5.74, 6) is -0.207. The Balaban J connectivity index is 2.16. The van der Waals surface area contributed by atoms with Gasteiger partial charge in [0.1, 0.15) is 11.6 Å². The number of rotatable bonds is 3. The molecule has 0 aromatic heterocycles. The van der Waals surface area contributed by atoms with E-state index in [0.717, 1.165) is 6.07 Å². The lowest BCUT2D eigenvalue weighted by molar-refractivity contribution is 0.432. The van der Waals surface area contributed by atoms with Crippen LogP contribution in [0.3, 0.4) is 0 Å². The summed E-state index contributed by atoms with van der Waals surface area (Å²) < 4.78 is 18.0. The summed E-state index contributed by atoms with van der Waals surface area (Å²) in [5.41, 5.74) is 0.605. The molecule has 0 radical (unpaired) electrons. The fraction of sp³-hybridized carbons (Fsp3) is 0. The van der Waals surface area contributed by atoms with Crippen molar-refractivity contribution in [1.82, 2.24) is 0 Å². The van der Waals surface area contributed by atoms with Crippen LogP contribution in [0.1, 0.15) is 0 Å². The van der Waals surface area contributed by atoms with E-state index in [1.165, 1.54) is 12.1 Å². The zero-order valence-electron chi connectivity index (χ0n) is 8.81. The predicted octanol–water partition coefficient (Wildman–Crippen LogP) is 2.25. The molecule has 0 saturated carbocycles. The average molecular weight is 250 g/mol. The van der Waals surface area contributed by atoms with Crippen LogP contribution in [0.25, 0.3) is 0 Å². The highest BCUT2D eigenvalue weighted by Crippen LogP contribution is 2.24. The summed E-state index contributed by atoms with van der Waals surface area (Å²) in [6.07, 6.45) is 0. The summed E-state index contributed by atoms with van der Waals surface area (Å²) in [6, 6.07) is 12.6. The van der Waals surface area contributed by atoms with E-state index in [-0.39, 0.29) is 10.8 Å². The van der Waals surface area contributed by atoms with Crippen molar-refractivity contribution in [2.45, 2.75) is 0 Å². The second kappa shape index (κ2) is 5.21. The van der Waals surface area contributed by atoms with E-state index in [1.54, 1.807) is 24.3 Å². The summed E-state index contributed by atoms with van der Waals surface area (Å²) in [4.78, 5) is 0. The molecule has 0 saturated heterocycles. The van der Waals surface area contributed by atoms with E-state index < -0.39 is 12.9 Å². The first kappa shape index (κ1) is 12.0. The maximum absolute atomic E-state index is 12.8. The third-order valence-electron chi connectivity index (χ3n) is 2.22. The normalized spacial score (nSPS) is 10.1. The summed E-state index contributed by atoms with van der Waals surface area (Å²) in [6.45, 7) is 0. The molecule has 0 bridgehead atoms. The molecule has 2 aromatic rings. The van der Waals surface area contributed by atoms with Crippen molar-refractivity contribution < 1.29 is 14.1 Å². The van der Waals surface area contributed by atoms with Crippen molar-refractivity contribution in [1.29, 1.82) is 0 Å². The Morgan fingerprint density at radius 3 is 2.47 bits per heavy atom. The van der Waals surface area contributed by atoms with E-state index in [4.69, 9.17) is 16.3 Å². The van der Waals surface area contributed by atoms with Gasteiger partial charge in [0.05, 0.1) is 5.02 Å². The summed E-state index contributed by atoms with van der Waals surface area (Å²) >= 11 is 5.78. The van der Waals surface area contributed by atoms with Gasteiger partial charge in [0, 0.05) is 0 Å². The van der Waals surface area contributed by atoms with Gasteiger partial charge in [-0.15, -0.1) is 0 Å². The molecule has 0 heterocycles. The molecule has 0 aliphatic carbocycles. The van der Waals surface area contributed by atoms with Gasteiger partial charge in [0.25, 0.3) is 0 Å². The van der Waals surface area contributed by atoms with E-state index in [0.29, 0.717) is 5.46 Å². The molecule has 0 spiro atoms. The van der Waals surface area contributed by atoms with Crippen LogP contribution in [0.15, 0.2) is 48.5 Å². The minimum atomic E-state index is -1.13. The second-order valence-corrected chi connectivity index (χ2v) is 3.86. The van der Waals surface area contributed by atoms with Crippen LogP contribution in [0.2, 0.25) is 5.02 Å². The Morgan fingerprint density at radius 2 is 1.82 bits per heavy atom. The Hall–Kier alpha value is -1.52. The number of halogens is 2. The molecule has 0 aliphatic rings. The van der Waals surface area contributed by atoms with Gasteiger partial charge in [0.2, 0.25) is 0 Å². The van der Waals surface area contributed by atoms with Gasteiger partial charge in [-0.25, -0.2) is 4.39 Å². The van der Waals surface area contributed by atoms with Crippen molar-refractivity contribution in [3.05, 3.63) is 59.4 Å². The van der Waals surface area contributed by atoms with Crippen molar-refractivity contribution in [2.75, 3.05) is 0 Å². The van der Waals surface area contributed by atoms with Crippen LogP contribution in [-0.4, -0.2) is 12.1 Å². The molecule has 17 heavy (non-hydrogen) atoms. The lowest BCUT2D eigenvalue weighted by Gasteiger charge is -2.11. The predicted molar refractivity (Wildman–Crippen MR) is 66.1 cm³/mol. The molecule has 5 heteroatoms. The highest BCUT2D eigenvalue weighted by atomic mass is 35.5. The highest BCUT2D eigenvalue weighted by molar-refractivity contribution is 6.60. The Bertz CT molecular complexity index is 507. The molecule has 0 amide bonds. The quantitative estimate of drug-likeness (QED) is 0.847. The van der Waals surface area contributed by atoms with Crippen molar-refractivity contribution >= 4 is 24.2 Å². The molecule has 0 unspecified atom stereocenters. The van der Waals surface area contributed by atoms with Crippen molar-refractivity contribution in [3.8, 4) is 5.75 Å². The fourth-order valence-electron chi connectivity index (χ4n) is 1.38. The molecule has 2 aromatic carbocycles. The third kappa shape index (κ3) is 2.99. The maximum Gasteiger partial charge on any atom is 0.560 e. The zero-order chi connectivity index (χ0) is 12.3. The monoisotopic (exact) mass is 250 g/mol. The molecule has 0 fully saturated rings. The van der Waals surface area contributed by atoms with E-state index >= 15 is 0 Å². The fourth-order valence-corrected chi connectivity index (χ4v) is 1.59. The van der Waals surface area contributed by atoms with Crippen LogP contribution >= 0.6 is 11.6 Å².